The van der Waals surface area contributed by atoms with Crippen LogP contribution in [0.15, 0.2) is 36.4 Å². The maximum Gasteiger partial charge on any atom is 0.241 e. The van der Waals surface area contributed by atoms with Crippen molar-refractivity contribution < 1.29 is 14.6 Å². The van der Waals surface area contributed by atoms with Crippen molar-refractivity contribution in [1.82, 2.24) is 9.80 Å². The average molecular weight is 438 g/mol. The minimum Gasteiger partial charge on any atom is -0.490 e. The lowest BCUT2D eigenvalue weighted by molar-refractivity contribution is -0.120. The average Bonchev–Trinajstić information content (AvgIpc) is 3.22. The Kier molecular flexibility index (Phi) is 7.13. The molecule has 172 valence electrons. The number of anilines is 1. The van der Waals surface area contributed by atoms with Gasteiger partial charge >= 0.3 is 0 Å². The fraction of sp³-hybridized carbons (Fsp3) is 0.500. The Hall–Kier alpha value is -2.41. The third-order valence-electron chi connectivity index (χ3n) is 6.77. The minimum atomic E-state index is -0.538. The molecule has 1 atom stereocenters. The van der Waals surface area contributed by atoms with Crippen LogP contribution >= 0.6 is 0 Å². The van der Waals surface area contributed by atoms with Gasteiger partial charge in [0.15, 0.2) is 0 Å². The van der Waals surface area contributed by atoms with Gasteiger partial charge in [0.25, 0.3) is 0 Å². The molecule has 0 bridgehead atoms. The highest BCUT2D eigenvalue weighted by atomic mass is 16.5. The summed E-state index contributed by atoms with van der Waals surface area (Å²) < 4.78 is 5.97. The molecule has 1 saturated heterocycles. The number of carbonyl (C=O) groups excluding carboxylic acids is 1. The van der Waals surface area contributed by atoms with Crippen LogP contribution in [0.5, 0.6) is 5.75 Å². The lowest BCUT2D eigenvalue weighted by Crippen LogP contribution is -2.51. The molecule has 6 nitrogen and oxygen atoms in total. The zero-order chi connectivity index (χ0) is 22.7. The van der Waals surface area contributed by atoms with Gasteiger partial charge in [-0.3, -0.25) is 14.6 Å². The Morgan fingerprint density at radius 3 is 2.44 bits per heavy atom. The number of benzene rings is 2. The summed E-state index contributed by atoms with van der Waals surface area (Å²) in [5, 5.41) is 10.5. The second-order valence-electron chi connectivity index (χ2n) is 9.12. The number of aliphatic hydroxyl groups is 1. The van der Waals surface area contributed by atoms with Crippen molar-refractivity contribution in [2.24, 2.45) is 0 Å². The van der Waals surface area contributed by atoms with Crippen molar-refractivity contribution in [3.8, 4) is 5.75 Å². The summed E-state index contributed by atoms with van der Waals surface area (Å²) in [5.74, 6) is 1.07. The highest BCUT2D eigenvalue weighted by Crippen LogP contribution is 2.28. The summed E-state index contributed by atoms with van der Waals surface area (Å²) in [7, 11) is 0. The Morgan fingerprint density at radius 1 is 0.969 bits per heavy atom. The molecule has 0 spiro atoms. The van der Waals surface area contributed by atoms with E-state index in [1.165, 1.54) is 11.1 Å². The number of fused-ring (bicyclic) bond motifs is 1. The first-order valence-corrected chi connectivity index (χ1v) is 11.6. The van der Waals surface area contributed by atoms with Crippen molar-refractivity contribution in [2.45, 2.75) is 33.3 Å². The quantitative estimate of drug-likeness (QED) is 0.722. The van der Waals surface area contributed by atoms with Gasteiger partial charge in [-0.15, -0.1) is 0 Å². The second kappa shape index (κ2) is 10.0. The van der Waals surface area contributed by atoms with Crippen LogP contribution in [0.2, 0.25) is 0 Å². The highest BCUT2D eigenvalue weighted by Gasteiger charge is 2.27. The lowest BCUT2D eigenvalue weighted by Gasteiger charge is -2.35. The monoisotopic (exact) mass is 437 g/mol. The first-order valence-electron chi connectivity index (χ1n) is 11.6. The Labute approximate surface area is 191 Å². The molecular formula is C26H35N3O3. The van der Waals surface area contributed by atoms with Crippen LogP contribution in [0.1, 0.15) is 22.3 Å². The first kappa shape index (κ1) is 22.8. The van der Waals surface area contributed by atoms with E-state index in [2.05, 4.69) is 41.8 Å². The van der Waals surface area contributed by atoms with E-state index in [9.17, 15) is 9.90 Å². The van der Waals surface area contributed by atoms with Crippen molar-refractivity contribution in [3.63, 3.8) is 0 Å². The Balaban J connectivity index is 1.21. The Bertz CT molecular complexity index is 953. The van der Waals surface area contributed by atoms with Crippen LogP contribution in [0, 0.1) is 20.8 Å². The normalized spacial score (nSPS) is 17.9. The van der Waals surface area contributed by atoms with Gasteiger partial charge in [0.05, 0.1) is 6.54 Å². The summed E-state index contributed by atoms with van der Waals surface area (Å²) in [5.41, 5.74) is 5.76. The predicted octanol–water partition coefficient (Wildman–Crippen LogP) is 2.56. The van der Waals surface area contributed by atoms with Crippen molar-refractivity contribution in [2.75, 3.05) is 57.3 Å². The predicted molar refractivity (Wildman–Crippen MR) is 128 cm³/mol. The van der Waals surface area contributed by atoms with Gasteiger partial charge in [0, 0.05) is 45.0 Å². The van der Waals surface area contributed by atoms with Crippen LogP contribution in [0.3, 0.4) is 0 Å². The van der Waals surface area contributed by atoms with Gasteiger partial charge in [-0.2, -0.15) is 0 Å². The van der Waals surface area contributed by atoms with E-state index < -0.39 is 6.10 Å². The second-order valence-corrected chi connectivity index (χ2v) is 9.12. The van der Waals surface area contributed by atoms with Crippen LogP contribution in [0.4, 0.5) is 5.69 Å². The summed E-state index contributed by atoms with van der Waals surface area (Å²) in [6.45, 7) is 11.7. The van der Waals surface area contributed by atoms with E-state index in [0.717, 1.165) is 61.7 Å². The van der Waals surface area contributed by atoms with E-state index in [0.29, 0.717) is 13.1 Å². The van der Waals surface area contributed by atoms with Crippen LogP contribution in [0.25, 0.3) is 0 Å². The van der Waals surface area contributed by atoms with Crippen molar-refractivity contribution in [1.29, 1.82) is 0 Å². The van der Waals surface area contributed by atoms with E-state index in [1.807, 2.05) is 30.0 Å². The van der Waals surface area contributed by atoms with Crippen LogP contribution in [-0.4, -0.2) is 79.3 Å². The van der Waals surface area contributed by atoms with Gasteiger partial charge in [-0.05, 0) is 55.5 Å². The topological polar surface area (TPSA) is 56.3 Å². The number of para-hydroxylation sites is 1. The van der Waals surface area contributed by atoms with Gasteiger partial charge in [0.2, 0.25) is 5.91 Å². The molecule has 2 heterocycles. The molecule has 1 unspecified atom stereocenters. The molecule has 1 N–H and O–H groups in total. The molecule has 2 aliphatic heterocycles. The third-order valence-corrected chi connectivity index (χ3v) is 6.77. The maximum absolute atomic E-state index is 12.8. The van der Waals surface area contributed by atoms with E-state index in [1.54, 1.807) is 0 Å². The minimum absolute atomic E-state index is 0.181. The number of nitrogens with zero attached hydrogens (tertiary/aromatic N) is 3. The van der Waals surface area contributed by atoms with Gasteiger partial charge in [-0.1, -0.05) is 30.3 Å². The van der Waals surface area contributed by atoms with Crippen molar-refractivity contribution >= 4 is 11.6 Å². The van der Waals surface area contributed by atoms with Crippen LogP contribution < -0.4 is 9.64 Å². The molecule has 0 radical (unpaired) electrons. The zero-order valence-corrected chi connectivity index (χ0v) is 19.5. The van der Waals surface area contributed by atoms with E-state index in [4.69, 9.17) is 4.74 Å². The largest absolute Gasteiger partial charge is 0.490 e. The van der Waals surface area contributed by atoms with Gasteiger partial charge in [-0.25, -0.2) is 0 Å². The molecule has 0 aromatic heterocycles. The first-order chi connectivity index (χ1) is 15.4. The molecule has 1 amide bonds. The molecule has 32 heavy (non-hydrogen) atoms. The Morgan fingerprint density at radius 2 is 1.66 bits per heavy atom. The zero-order valence-electron chi connectivity index (χ0n) is 19.5. The summed E-state index contributed by atoms with van der Waals surface area (Å²) in [6, 6.07) is 12.3. The number of hydrogen-bond acceptors (Lipinski definition) is 5. The molecule has 1 fully saturated rings. The number of β-amino-alcohol motifs (C(OH)–C–C–N with tert-alkyl or cyclic N) is 1. The van der Waals surface area contributed by atoms with Crippen molar-refractivity contribution in [3.05, 3.63) is 58.7 Å². The molecule has 6 heteroatoms. The summed E-state index contributed by atoms with van der Waals surface area (Å²) in [6.07, 6.45) is 0.403. The van der Waals surface area contributed by atoms with Gasteiger partial charge < -0.3 is 14.7 Å². The highest BCUT2D eigenvalue weighted by molar-refractivity contribution is 5.96. The SMILES string of the molecule is Cc1ccc(C)c(OCC(O)CN2CCN(CC(=O)N3CCc4ccccc43)CC2)c1C. The van der Waals surface area contributed by atoms with Crippen LogP contribution in [-0.2, 0) is 11.2 Å². The number of aliphatic hydroxyl groups excluding tert-OH is 1. The lowest BCUT2D eigenvalue weighted by atomic mass is 10.1. The molecule has 4 rings (SSSR count). The molecule has 2 aromatic rings. The molecule has 0 saturated carbocycles. The summed E-state index contributed by atoms with van der Waals surface area (Å²) >= 11 is 0. The fourth-order valence-corrected chi connectivity index (χ4v) is 4.68. The molecular weight excluding hydrogens is 402 g/mol. The molecule has 2 aromatic carbocycles. The number of aryl methyl sites for hydroxylation is 2. The number of rotatable bonds is 7. The maximum atomic E-state index is 12.8. The third kappa shape index (κ3) is 5.14. The molecule has 0 aliphatic carbocycles. The van der Waals surface area contributed by atoms with Gasteiger partial charge in [0.1, 0.15) is 18.5 Å². The van der Waals surface area contributed by atoms with E-state index in [-0.39, 0.29) is 12.5 Å². The summed E-state index contributed by atoms with van der Waals surface area (Å²) in [4.78, 5) is 19.3. The number of hydrogen-bond donors (Lipinski definition) is 1. The smallest absolute Gasteiger partial charge is 0.241 e. The number of piperazine rings is 1. The molecule has 2 aliphatic rings. The number of carbonyl (C=O) groups is 1. The fourth-order valence-electron chi connectivity index (χ4n) is 4.68. The standard InChI is InChI=1S/C26H35N3O3/c1-19-8-9-20(2)26(21(19)3)32-18-23(30)16-27-12-14-28(15-13-27)17-25(31)29-11-10-22-6-4-5-7-24(22)29/h4-9,23,30H,10-18H2,1-3H3. The number of amides is 1. The van der Waals surface area contributed by atoms with E-state index >= 15 is 0 Å². The number of ether oxygens (including phenoxy) is 1.